The summed E-state index contributed by atoms with van der Waals surface area (Å²) in [5.41, 5.74) is 14.7. The van der Waals surface area contributed by atoms with Gasteiger partial charge in [0.1, 0.15) is 0 Å². The van der Waals surface area contributed by atoms with Gasteiger partial charge in [0, 0.05) is 28.1 Å². The van der Waals surface area contributed by atoms with Crippen LogP contribution in [-0.2, 0) is 0 Å². The van der Waals surface area contributed by atoms with E-state index in [1.165, 1.54) is 0 Å². The molecule has 0 saturated heterocycles. The average Bonchev–Trinajstić information content (AvgIpc) is 2.41. The summed E-state index contributed by atoms with van der Waals surface area (Å²) < 4.78 is 0. The molecule has 0 aliphatic heterocycles. The van der Waals surface area contributed by atoms with Crippen LogP contribution in [0, 0.1) is 0 Å². The van der Waals surface area contributed by atoms with Crippen LogP contribution in [0.25, 0.3) is 0 Å². The summed E-state index contributed by atoms with van der Waals surface area (Å²) in [6, 6.07) is 12.8. The summed E-state index contributed by atoms with van der Waals surface area (Å²) in [5, 5.41) is 7.24. The van der Waals surface area contributed by atoms with Crippen molar-refractivity contribution in [2.24, 2.45) is 5.73 Å². The van der Waals surface area contributed by atoms with Crippen molar-refractivity contribution in [3.63, 3.8) is 0 Å². The van der Waals surface area contributed by atoms with Crippen LogP contribution in [0.5, 0.6) is 0 Å². The maximum absolute atomic E-state index is 6.19. The largest absolute Gasteiger partial charge is 0.399 e. The van der Waals surface area contributed by atoms with Crippen LogP contribution in [0.1, 0.15) is 18.5 Å². The van der Waals surface area contributed by atoms with Crippen LogP contribution in [0.4, 0.5) is 17.1 Å². The number of hydrogen-bond donors (Lipinski definition) is 4. The Bertz CT molecular complexity index is 641. The van der Waals surface area contributed by atoms with Gasteiger partial charge < -0.3 is 22.1 Å². The molecule has 0 saturated carbocycles. The molecule has 21 heavy (non-hydrogen) atoms. The molecule has 0 radical (unpaired) electrons. The van der Waals surface area contributed by atoms with Crippen molar-refractivity contribution < 1.29 is 0 Å². The zero-order valence-corrected chi connectivity index (χ0v) is 13.1. The summed E-state index contributed by atoms with van der Waals surface area (Å²) in [4.78, 5) is 0. The minimum Gasteiger partial charge on any atom is -0.399 e. The predicted octanol–water partition coefficient (Wildman–Crippen LogP) is 3.75. The molecule has 2 aromatic carbocycles. The molecular weight excluding hydrogens is 304 g/mol. The molecule has 0 fully saturated rings. The van der Waals surface area contributed by atoms with E-state index in [9.17, 15) is 0 Å². The first kappa shape index (κ1) is 15.6. The Morgan fingerprint density at radius 1 is 1.10 bits per heavy atom. The summed E-state index contributed by atoms with van der Waals surface area (Å²) in [6.07, 6.45) is 0. The van der Waals surface area contributed by atoms with Gasteiger partial charge in [-0.1, -0.05) is 17.7 Å². The maximum atomic E-state index is 6.19. The number of thiocarbonyl (C=S) groups is 1. The van der Waals surface area contributed by atoms with Gasteiger partial charge in [-0.2, -0.15) is 0 Å². The Morgan fingerprint density at radius 3 is 2.24 bits per heavy atom. The van der Waals surface area contributed by atoms with E-state index in [0.717, 1.165) is 16.9 Å². The SMILES string of the molecule is CC(N)c1ccc(NC(=S)Nc2ccc(N)cc2)cc1Cl. The van der Waals surface area contributed by atoms with Crippen molar-refractivity contribution in [1.29, 1.82) is 0 Å². The molecule has 2 aromatic rings. The fourth-order valence-electron chi connectivity index (χ4n) is 1.83. The van der Waals surface area contributed by atoms with Gasteiger partial charge in [0.05, 0.1) is 0 Å². The molecule has 6 N–H and O–H groups in total. The van der Waals surface area contributed by atoms with Gasteiger partial charge in [-0.25, -0.2) is 0 Å². The topological polar surface area (TPSA) is 76.1 Å². The monoisotopic (exact) mass is 320 g/mol. The third-order valence-corrected chi connectivity index (χ3v) is 3.45. The molecule has 0 aliphatic carbocycles. The molecule has 1 atom stereocenters. The van der Waals surface area contributed by atoms with Crippen molar-refractivity contribution in [1.82, 2.24) is 0 Å². The molecule has 0 amide bonds. The van der Waals surface area contributed by atoms with Gasteiger partial charge in [-0.05, 0) is 61.1 Å². The van der Waals surface area contributed by atoms with Gasteiger partial charge in [0.25, 0.3) is 0 Å². The van der Waals surface area contributed by atoms with Crippen LogP contribution in [0.2, 0.25) is 5.02 Å². The van der Waals surface area contributed by atoms with Crippen molar-refractivity contribution in [3.8, 4) is 0 Å². The maximum Gasteiger partial charge on any atom is 0.175 e. The zero-order chi connectivity index (χ0) is 15.4. The summed E-state index contributed by atoms with van der Waals surface area (Å²) in [6.45, 7) is 1.89. The molecule has 0 heterocycles. The zero-order valence-electron chi connectivity index (χ0n) is 11.6. The van der Waals surface area contributed by atoms with E-state index in [-0.39, 0.29) is 6.04 Å². The van der Waals surface area contributed by atoms with E-state index in [2.05, 4.69) is 10.6 Å². The quantitative estimate of drug-likeness (QED) is 0.512. The van der Waals surface area contributed by atoms with Crippen LogP contribution < -0.4 is 22.1 Å². The molecule has 1 unspecified atom stereocenters. The van der Waals surface area contributed by atoms with E-state index in [4.69, 9.17) is 35.3 Å². The lowest BCUT2D eigenvalue weighted by Crippen LogP contribution is -2.19. The van der Waals surface area contributed by atoms with Crippen molar-refractivity contribution >= 4 is 46.0 Å². The number of nitrogens with one attached hydrogen (secondary N) is 2. The average molecular weight is 321 g/mol. The van der Waals surface area contributed by atoms with Crippen LogP contribution in [0.3, 0.4) is 0 Å². The second-order valence-electron chi connectivity index (χ2n) is 4.73. The van der Waals surface area contributed by atoms with Crippen LogP contribution in [-0.4, -0.2) is 5.11 Å². The number of halogens is 1. The predicted molar refractivity (Wildman–Crippen MR) is 94.8 cm³/mol. The Morgan fingerprint density at radius 2 is 1.67 bits per heavy atom. The van der Waals surface area contributed by atoms with Gasteiger partial charge in [0.2, 0.25) is 0 Å². The van der Waals surface area contributed by atoms with E-state index in [0.29, 0.717) is 15.8 Å². The highest BCUT2D eigenvalue weighted by Gasteiger charge is 2.07. The molecule has 0 bridgehead atoms. The number of nitrogens with two attached hydrogens (primary N) is 2. The number of nitrogen functional groups attached to an aromatic ring is 1. The number of anilines is 3. The van der Waals surface area contributed by atoms with Gasteiger partial charge in [-0.3, -0.25) is 0 Å². The Balaban J connectivity index is 2.02. The van der Waals surface area contributed by atoms with Gasteiger partial charge >= 0.3 is 0 Å². The van der Waals surface area contributed by atoms with Crippen molar-refractivity contribution in [3.05, 3.63) is 53.1 Å². The third kappa shape index (κ3) is 4.32. The van der Waals surface area contributed by atoms with Gasteiger partial charge in [0.15, 0.2) is 5.11 Å². The van der Waals surface area contributed by atoms with Crippen LogP contribution in [0.15, 0.2) is 42.5 Å². The first-order valence-electron chi connectivity index (χ1n) is 6.44. The molecule has 0 aromatic heterocycles. The molecule has 4 nitrogen and oxygen atoms in total. The Labute approximate surface area is 134 Å². The number of benzene rings is 2. The van der Waals surface area contributed by atoms with Crippen molar-refractivity contribution in [2.45, 2.75) is 13.0 Å². The second-order valence-corrected chi connectivity index (χ2v) is 5.54. The normalized spacial score (nSPS) is 11.8. The third-order valence-electron chi connectivity index (χ3n) is 2.92. The van der Waals surface area contributed by atoms with Crippen LogP contribution >= 0.6 is 23.8 Å². The van der Waals surface area contributed by atoms with E-state index >= 15 is 0 Å². The highest BCUT2D eigenvalue weighted by atomic mass is 35.5. The highest BCUT2D eigenvalue weighted by molar-refractivity contribution is 7.80. The fourth-order valence-corrected chi connectivity index (χ4v) is 2.42. The van der Waals surface area contributed by atoms with E-state index in [1.807, 2.05) is 31.2 Å². The van der Waals surface area contributed by atoms with Gasteiger partial charge in [-0.15, -0.1) is 0 Å². The summed E-state index contributed by atoms with van der Waals surface area (Å²) in [7, 11) is 0. The summed E-state index contributed by atoms with van der Waals surface area (Å²) in [5.74, 6) is 0. The lowest BCUT2D eigenvalue weighted by Gasteiger charge is -2.13. The minimum atomic E-state index is -0.105. The highest BCUT2D eigenvalue weighted by Crippen LogP contribution is 2.25. The van der Waals surface area contributed by atoms with Crippen molar-refractivity contribution in [2.75, 3.05) is 16.4 Å². The molecule has 0 aliphatic rings. The first-order valence-corrected chi connectivity index (χ1v) is 7.23. The molecule has 2 rings (SSSR count). The molecule has 6 heteroatoms. The lowest BCUT2D eigenvalue weighted by molar-refractivity contribution is 0.819. The Hall–Kier alpha value is -1.82. The molecular formula is C15H17ClN4S. The fraction of sp³-hybridized carbons (Fsp3) is 0.133. The standard InChI is InChI=1S/C15H17ClN4S/c1-9(17)13-7-6-12(8-14(13)16)20-15(21)19-11-4-2-10(18)3-5-11/h2-9H,17-18H2,1H3,(H2,19,20,21). The van der Waals surface area contributed by atoms with E-state index in [1.54, 1.807) is 18.2 Å². The minimum absolute atomic E-state index is 0.105. The molecule has 0 spiro atoms. The smallest absolute Gasteiger partial charge is 0.175 e. The first-order chi connectivity index (χ1) is 9.95. The second kappa shape index (κ2) is 6.76. The lowest BCUT2D eigenvalue weighted by atomic mass is 10.1. The summed E-state index contributed by atoms with van der Waals surface area (Å²) >= 11 is 11.4. The molecule has 110 valence electrons. The number of hydrogen-bond acceptors (Lipinski definition) is 3. The Kier molecular flexibility index (Phi) is 5.01. The number of rotatable bonds is 3. The van der Waals surface area contributed by atoms with E-state index < -0.39 is 0 Å².